The summed E-state index contributed by atoms with van der Waals surface area (Å²) in [6.45, 7) is 12.1. The number of benzene rings is 1. The number of aliphatic hydroxyl groups is 1. The summed E-state index contributed by atoms with van der Waals surface area (Å²) < 4.78 is 0. The van der Waals surface area contributed by atoms with Gasteiger partial charge in [0, 0.05) is 0 Å². The van der Waals surface area contributed by atoms with E-state index in [0.29, 0.717) is 17.3 Å². The summed E-state index contributed by atoms with van der Waals surface area (Å²) >= 11 is 0. The minimum atomic E-state index is -0.129. The largest absolute Gasteiger partial charge is 0.393 e. The summed E-state index contributed by atoms with van der Waals surface area (Å²) in [5.41, 5.74) is 6.81. The standard InChI is InChI=1S/C27H40O/c1-17(2)18(3)6-7-19(4)25-12-13-26-24-10-8-20-16-21(28)9-11-22(20)23(24)14-15-27(25,26)5/h6-8,10,17-19,21,25-26,28H,9,11-16H2,1-5H3/b7-6+. The van der Waals surface area contributed by atoms with Gasteiger partial charge in [-0.15, -0.1) is 0 Å². The first-order valence-corrected chi connectivity index (χ1v) is 11.8. The van der Waals surface area contributed by atoms with Crippen LogP contribution < -0.4 is 0 Å². The zero-order valence-corrected chi connectivity index (χ0v) is 18.7. The highest BCUT2D eigenvalue weighted by atomic mass is 16.3. The summed E-state index contributed by atoms with van der Waals surface area (Å²) in [5.74, 6) is 3.60. The van der Waals surface area contributed by atoms with Crippen molar-refractivity contribution in [3.63, 3.8) is 0 Å². The summed E-state index contributed by atoms with van der Waals surface area (Å²) in [4.78, 5) is 0. The average Bonchev–Trinajstić information content (AvgIpc) is 3.02. The fraction of sp³-hybridized carbons (Fsp3) is 0.704. The SMILES string of the molecule is CC(C)C(C)/C=C/C(C)C1CCC2c3ccc4c(c3CCC21C)CCC(O)C4. The fourth-order valence-corrected chi connectivity index (χ4v) is 6.65. The van der Waals surface area contributed by atoms with Gasteiger partial charge < -0.3 is 5.11 Å². The number of fused-ring (bicyclic) bond motifs is 5. The molecule has 154 valence electrons. The van der Waals surface area contributed by atoms with Crippen molar-refractivity contribution < 1.29 is 5.11 Å². The van der Waals surface area contributed by atoms with Gasteiger partial charge in [0.15, 0.2) is 0 Å². The average molecular weight is 381 g/mol. The van der Waals surface area contributed by atoms with Gasteiger partial charge in [-0.25, -0.2) is 0 Å². The van der Waals surface area contributed by atoms with Crippen molar-refractivity contribution in [1.29, 1.82) is 0 Å². The maximum Gasteiger partial charge on any atom is 0.0583 e. The first-order chi connectivity index (χ1) is 13.3. The molecular formula is C27H40O. The molecule has 6 atom stereocenters. The third-order valence-electron chi connectivity index (χ3n) is 8.85. The fourth-order valence-electron chi connectivity index (χ4n) is 6.65. The quantitative estimate of drug-likeness (QED) is 0.594. The summed E-state index contributed by atoms with van der Waals surface area (Å²) in [5, 5.41) is 10.1. The van der Waals surface area contributed by atoms with Crippen molar-refractivity contribution in [1.82, 2.24) is 0 Å². The van der Waals surface area contributed by atoms with Gasteiger partial charge in [0.25, 0.3) is 0 Å². The molecule has 3 aliphatic carbocycles. The third-order valence-corrected chi connectivity index (χ3v) is 8.85. The molecule has 0 saturated heterocycles. The van der Waals surface area contributed by atoms with Crippen LogP contribution in [0.1, 0.15) is 88.5 Å². The van der Waals surface area contributed by atoms with E-state index in [2.05, 4.69) is 58.9 Å². The monoisotopic (exact) mass is 380 g/mol. The van der Waals surface area contributed by atoms with Gasteiger partial charge in [-0.05, 0) is 102 Å². The molecule has 0 aromatic heterocycles. The van der Waals surface area contributed by atoms with Crippen molar-refractivity contribution in [3.05, 3.63) is 46.5 Å². The topological polar surface area (TPSA) is 20.2 Å². The lowest BCUT2D eigenvalue weighted by molar-refractivity contribution is 0.140. The van der Waals surface area contributed by atoms with Crippen LogP contribution in [0.15, 0.2) is 24.3 Å². The van der Waals surface area contributed by atoms with E-state index in [0.717, 1.165) is 37.0 Å². The number of aliphatic hydroxyl groups excluding tert-OH is 1. The van der Waals surface area contributed by atoms with Crippen LogP contribution in [-0.2, 0) is 19.3 Å². The Bertz CT molecular complexity index is 745. The molecule has 6 unspecified atom stereocenters. The highest BCUT2D eigenvalue weighted by molar-refractivity contribution is 5.47. The molecule has 1 aromatic carbocycles. The second-order valence-corrected chi connectivity index (χ2v) is 10.8. The van der Waals surface area contributed by atoms with Crippen LogP contribution in [0.3, 0.4) is 0 Å². The van der Waals surface area contributed by atoms with Crippen molar-refractivity contribution in [2.45, 2.75) is 91.6 Å². The van der Waals surface area contributed by atoms with E-state index in [-0.39, 0.29) is 6.10 Å². The van der Waals surface area contributed by atoms with E-state index in [1.54, 1.807) is 16.7 Å². The Hall–Kier alpha value is -1.08. The Balaban J connectivity index is 1.58. The Labute approximate surface area is 172 Å². The van der Waals surface area contributed by atoms with Crippen LogP contribution in [0.2, 0.25) is 0 Å². The maximum absolute atomic E-state index is 10.1. The van der Waals surface area contributed by atoms with Gasteiger partial charge in [0.1, 0.15) is 0 Å². The first kappa shape index (κ1) is 20.2. The van der Waals surface area contributed by atoms with E-state index in [9.17, 15) is 5.11 Å². The highest BCUT2D eigenvalue weighted by Gasteiger charge is 2.50. The smallest absolute Gasteiger partial charge is 0.0583 e. The molecule has 0 bridgehead atoms. The van der Waals surface area contributed by atoms with Crippen LogP contribution in [0, 0.1) is 29.1 Å². The minimum Gasteiger partial charge on any atom is -0.393 e. The molecule has 1 saturated carbocycles. The normalized spacial score (nSPS) is 34.2. The lowest BCUT2D eigenvalue weighted by Crippen LogP contribution is -2.35. The third kappa shape index (κ3) is 3.38. The summed E-state index contributed by atoms with van der Waals surface area (Å²) in [7, 11) is 0. The van der Waals surface area contributed by atoms with Crippen LogP contribution >= 0.6 is 0 Å². The second kappa shape index (κ2) is 7.63. The van der Waals surface area contributed by atoms with Gasteiger partial charge in [-0.1, -0.05) is 58.9 Å². The molecule has 1 aromatic rings. The molecular weight excluding hydrogens is 340 g/mol. The molecule has 0 heterocycles. The number of hydrogen-bond donors (Lipinski definition) is 1. The summed E-state index contributed by atoms with van der Waals surface area (Å²) in [6.07, 6.45) is 13.1. The number of allylic oxidation sites excluding steroid dienone is 2. The van der Waals surface area contributed by atoms with Crippen molar-refractivity contribution in [2.75, 3.05) is 0 Å². The molecule has 0 amide bonds. The lowest BCUT2D eigenvalue weighted by atomic mass is 9.60. The molecule has 1 heteroatoms. The van der Waals surface area contributed by atoms with Gasteiger partial charge in [0.2, 0.25) is 0 Å². The van der Waals surface area contributed by atoms with Crippen LogP contribution in [0.4, 0.5) is 0 Å². The maximum atomic E-state index is 10.1. The Morgan fingerprint density at radius 3 is 2.54 bits per heavy atom. The first-order valence-electron chi connectivity index (χ1n) is 11.8. The predicted molar refractivity (Wildman–Crippen MR) is 119 cm³/mol. The lowest BCUT2D eigenvalue weighted by Gasteiger charge is -2.44. The molecule has 1 nitrogen and oxygen atoms in total. The zero-order chi connectivity index (χ0) is 20.1. The van der Waals surface area contributed by atoms with Crippen LogP contribution in [0.5, 0.6) is 0 Å². The highest BCUT2D eigenvalue weighted by Crippen LogP contribution is 2.61. The summed E-state index contributed by atoms with van der Waals surface area (Å²) in [6, 6.07) is 4.79. The van der Waals surface area contributed by atoms with Gasteiger partial charge in [0.05, 0.1) is 6.10 Å². The Morgan fingerprint density at radius 1 is 1.00 bits per heavy atom. The molecule has 0 radical (unpaired) electrons. The molecule has 28 heavy (non-hydrogen) atoms. The molecule has 0 aliphatic heterocycles. The number of rotatable bonds is 4. The van der Waals surface area contributed by atoms with E-state index < -0.39 is 0 Å². The Morgan fingerprint density at radius 2 is 1.79 bits per heavy atom. The van der Waals surface area contributed by atoms with Gasteiger partial charge >= 0.3 is 0 Å². The molecule has 1 N–H and O–H groups in total. The van der Waals surface area contributed by atoms with E-state index in [1.807, 2.05) is 0 Å². The van der Waals surface area contributed by atoms with Crippen molar-refractivity contribution in [3.8, 4) is 0 Å². The van der Waals surface area contributed by atoms with Crippen LogP contribution in [-0.4, -0.2) is 11.2 Å². The van der Waals surface area contributed by atoms with Crippen LogP contribution in [0.25, 0.3) is 0 Å². The molecule has 1 fully saturated rings. The van der Waals surface area contributed by atoms with E-state index in [4.69, 9.17) is 0 Å². The zero-order valence-electron chi connectivity index (χ0n) is 18.7. The van der Waals surface area contributed by atoms with Crippen molar-refractivity contribution >= 4 is 0 Å². The predicted octanol–water partition coefficient (Wildman–Crippen LogP) is 6.47. The number of hydrogen-bond acceptors (Lipinski definition) is 1. The minimum absolute atomic E-state index is 0.129. The Kier molecular flexibility index (Phi) is 5.51. The van der Waals surface area contributed by atoms with E-state index in [1.165, 1.54) is 31.2 Å². The van der Waals surface area contributed by atoms with Gasteiger partial charge in [-0.2, -0.15) is 0 Å². The molecule has 0 spiro atoms. The molecule has 4 rings (SSSR count). The molecule has 3 aliphatic rings. The van der Waals surface area contributed by atoms with Crippen molar-refractivity contribution in [2.24, 2.45) is 29.1 Å². The van der Waals surface area contributed by atoms with E-state index >= 15 is 0 Å². The second-order valence-electron chi connectivity index (χ2n) is 10.8. The van der Waals surface area contributed by atoms with Gasteiger partial charge in [-0.3, -0.25) is 0 Å².